The molecule has 1 aromatic carbocycles. The zero-order valence-electron chi connectivity index (χ0n) is 15.2. The molecule has 9 nitrogen and oxygen atoms in total. The summed E-state index contributed by atoms with van der Waals surface area (Å²) in [5, 5.41) is 12.5. The van der Waals surface area contributed by atoms with Crippen molar-refractivity contribution in [3.8, 4) is 0 Å². The van der Waals surface area contributed by atoms with E-state index in [-0.39, 0.29) is 11.3 Å². The van der Waals surface area contributed by atoms with Gasteiger partial charge in [0.25, 0.3) is 0 Å². The Hall–Kier alpha value is -2.50. The van der Waals surface area contributed by atoms with Crippen LogP contribution in [0, 0.1) is 6.92 Å². The van der Waals surface area contributed by atoms with Crippen molar-refractivity contribution in [2.75, 3.05) is 11.9 Å². The number of anilines is 1. The second-order valence-corrected chi connectivity index (χ2v) is 8.78. The van der Waals surface area contributed by atoms with Gasteiger partial charge in [-0.05, 0) is 38.3 Å². The van der Waals surface area contributed by atoms with E-state index in [0.717, 1.165) is 10.5 Å². The highest BCUT2D eigenvalue weighted by molar-refractivity contribution is 7.89. The Bertz CT molecular complexity index is 1040. The van der Waals surface area contributed by atoms with E-state index in [1.54, 1.807) is 18.3 Å². The third-order valence-electron chi connectivity index (χ3n) is 4.18. The van der Waals surface area contributed by atoms with Gasteiger partial charge in [-0.1, -0.05) is 17.7 Å². The number of aryl methyl sites for hydroxylation is 1. The smallest absolute Gasteiger partial charge is 0.321 e. The predicted molar refractivity (Wildman–Crippen MR) is 106 cm³/mol. The van der Waals surface area contributed by atoms with Crippen molar-refractivity contribution in [2.24, 2.45) is 0 Å². The monoisotopic (exact) mass is 423 g/mol. The molecule has 0 radical (unpaired) electrons. The number of imidazole rings is 1. The van der Waals surface area contributed by atoms with Gasteiger partial charge in [-0.25, -0.2) is 13.4 Å². The highest BCUT2D eigenvalue weighted by Crippen LogP contribution is 2.15. The van der Waals surface area contributed by atoms with E-state index in [2.05, 4.69) is 19.4 Å². The lowest BCUT2D eigenvalue weighted by Gasteiger charge is -2.15. The number of sulfonamides is 1. The number of hydrogen-bond donors (Lipinski definition) is 3. The van der Waals surface area contributed by atoms with Crippen molar-refractivity contribution >= 4 is 38.4 Å². The van der Waals surface area contributed by atoms with Gasteiger partial charge in [0.15, 0.2) is 0 Å². The first kappa shape index (κ1) is 20.2. The van der Waals surface area contributed by atoms with Crippen molar-refractivity contribution in [1.82, 2.24) is 18.5 Å². The second-order valence-electron chi connectivity index (χ2n) is 6.33. The number of carbonyl (C=O) groups is 1. The van der Waals surface area contributed by atoms with E-state index in [9.17, 15) is 18.3 Å². The minimum atomic E-state index is -3.88. The van der Waals surface area contributed by atoms with E-state index in [1.807, 2.05) is 17.5 Å². The highest BCUT2D eigenvalue weighted by Gasteiger charge is 2.24. The first-order chi connectivity index (χ1) is 13.4. The molecule has 0 saturated carbocycles. The van der Waals surface area contributed by atoms with Crippen LogP contribution in [0.5, 0.6) is 0 Å². The first-order valence-electron chi connectivity index (χ1n) is 8.71. The third-order valence-corrected chi connectivity index (χ3v) is 6.40. The quantitative estimate of drug-likeness (QED) is 0.426. The van der Waals surface area contributed by atoms with Gasteiger partial charge in [0.1, 0.15) is 6.04 Å². The Morgan fingerprint density at radius 1 is 1.29 bits per heavy atom. The number of carboxylic acid groups (broad SMARTS) is 1. The van der Waals surface area contributed by atoms with Gasteiger partial charge in [0.2, 0.25) is 20.9 Å². The van der Waals surface area contributed by atoms with Crippen LogP contribution in [0.4, 0.5) is 5.95 Å². The average molecular weight is 424 g/mol. The van der Waals surface area contributed by atoms with Crippen LogP contribution < -0.4 is 10.0 Å². The predicted octanol–water partition coefficient (Wildman–Crippen LogP) is 2.11. The Balaban J connectivity index is 1.50. The molecule has 0 aliphatic carbocycles. The van der Waals surface area contributed by atoms with Crippen LogP contribution in [-0.4, -0.2) is 45.8 Å². The van der Waals surface area contributed by atoms with Crippen LogP contribution in [0.15, 0.2) is 41.6 Å². The summed E-state index contributed by atoms with van der Waals surface area (Å²) < 4.78 is 33.2. The van der Waals surface area contributed by atoms with Crippen molar-refractivity contribution in [1.29, 1.82) is 0 Å². The molecular weight excluding hydrogens is 402 g/mol. The number of fused-ring (bicyclic) bond motifs is 1. The Labute approximate surface area is 166 Å². The molecule has 0 bridgehead atoms. The van der Waals surface area contributed by atoms with Crippen molar-refractivity contribution in [2.45, 2.75) is 37.1 Å². The summed E-state index contributed by atoms with van der Waals surface area (Å²) in [6, 6.07) is 5.10. The lowest BCUT2D eigenvalue weighted by molar-refractivity contribution is -0.139. The van der Waals surface area contributed by atoms with Gasteiger partial charge >= 0.3 is 5.97 Å². The van der Waals surface area contributed by atoms with Crippen molar-refractivity contribution in [3.63, 3.8) is 0 Å². The highest BCUT2D eigenvalue weighted by atomic mass is 32.2. The van der Waals surface area contributed by atoms with E-state index in [4.69, 9.17) is 0 Å². The maximum absolute atomic E-state index is 12.4. The zero-order chi connectivity index (χ0) is 20.1. The molecule has 0 fully saturated rings. The molecule has 1 atom stereocenters. The normalized spacial score (nSPS) is 12.9. The number of unbranched alkanes of at least 4 members (excludes halogenated alkanes) is 1. The number of nitrogens with zero attached hydrogens (tertiary/aromatic N) is 3. The molecule has 150 valence electrons. The maximum Gasteiger partial charge on any atom is 0.321 e. The van der Waals surface area contributed by atoms with Gasteiger partial charge in [0, 0.05) is 30.5 Å². The molecule has 0 aliphatic rings. The first-order valence-corrected chi connectivity index (χ1v) is 11.0. The number of benzene rings is 1. The molecule has 0 spiro atoms. The van der Waals surface area contributed by atoms with E-state index in [1.165, 1.54) is 23.7 Å². The Kier molecular flexibility index (Phi) is 6.27. The lowest BCUT2D eigenvalue weighted by atomic mass is 10.1. The molecule has 2 heterocycles. The molecule has 3 N–H and O–H groups in total. The fourth-order valence-electron chi connectivity index (χ4n) is 2.64. The summed E-state index contributed by atoms with van der Waals surface area (Å²) in [4.78, 5) is 16.5. The summed E-state index contributed by atoms with van der Waals surface area (Å²) in [5.41, 5.74) is 0.925. The number of hydrogen-bond acceptors (Lipinski definition) is 7. The van der Waals surface area contributed by atoms with Crippen molar-refractivity contribution in [3.05, 3.63) is 42.2 Å². The third kappa shape index (κ3) is 4.86. The van der Waals surface area contributed by atoms with Crippen molar-refractivity contribution < 1.29 is 18.3 Å². The number of aliphatic carboxylic acids is 1. The molecule has 0 saturated heterocycles. The topological polar surface area (TPSA) is 126 Å². The van der Waals surface area contributed by atoms with E-state index < -0.39 is 22.0 Å². The van der Waals surface area contributed by atoms with Gasteiger partial charge in [-0.15, -0.1) is 0 Å². The van der Waals surface area contributed by atoms with Crippen LogP contribution in [0.25, 0.3) is 4.96 Å². The SMILES string of the molecule is Cc1ccc(S(=O)(=O)N[C@@H](CCCCNc2nsc3nccn23)C(=O)O)cc1. The molecule has 11 heteroatoms. The minimum absolute atomic E-state index is 0.0545. The summed E-state index contributed by atoms with van der Waals surface area (Å²) in [5.74, 6) is -0.504. The second kappa shape index (κ2) is 8.67. The van der Waals surface area contributed by atoms with Gasteiger partial charge in [-0.2, -0.15) is 9.10 Å². The Morgan fingerprint density at radius 2 is 2.04 bits per heavy atom. The zero-order valence-corrected chi connectivity index (χ0v) is 16.8. The average Bonchev–Trinajstić information content (AvgIpc) is 3.25. The molecule has 3 rings (SSSR count). The maximum atomic E-state index is 12.4. The summed E-state index contributed by atoms with van der Waals surface area (Å²) in [6.45, 7) is 2.44. The van der Waals surface area contributed by atoms with Crippen LogP contribution >= 0.6 is 11.5 Å². The number of nitrogens with one attached hydrogen (secondary N) is 2. The number of aromatic nitrogens is 3. The number of rotatable bonds is 10. The summed E-state index contributed by atoms with van der Waals surface area (Å²) in [7, 11) is -3.88. The fourth-order valence-corrected chi connectivity index (χ4v) is 4.53. The summed E-state index contributed by atoms with van der Waals surface area (Å²) >= 11 is 1.28. The van der Waals surface area contributed by atoms with E-state index in [0.29, 0.717) is 25.3 Å². The minimum Gasteiger partial charge on any atom is -0.480 e. The van der Waals surface area contributed by atoms with Gasteiger partial charge in [-0.3, -0.25) is 9.20 Å². The molecule has 28 heavy (non-hydrogen) atoms. The Morgan fingerprint density at radius 3 is 2.75 bits per heavy atom. The summed E-state index contributed by atoms with van der Waals surface area (Å²) in [6.07, 6.45) is 4.90. The van der Waals surface area contributed by atoms with Crippen LogP contribution in [0.2, 0.25) is 0 Å². The lowest BCUT2D eigenvalue weighted by Crippen LogP contribution is -2.40. The molecule has 0 amide bonds. The largest absolute Gasteiger partial charge is 0.480 e. The standard InChI is InChI=1S/C17H21N5O4S2/c1-12-5-7-13(8-6-12)28(25,26)21-14(15(23)24)4-2-3-9-18-16-20-27-17-19-10-11-22(16)17/h5-8,10-11,14,21H,2-4,9H2,1H3,(H,18,20)(H,23,24)/t14-/m0/s1. The van der Waals surface area contributed by atoms with Crippen LogP contribution in [0.3, 0.4) is 0 Å². The van der Waals surface area contributed by atoms with E-state index >= 15 is 0 Å². The van der Waals surface area contributed by atoms with Gasteiger partial charge in [0.05, 0.1) is 4.90 Å². The fraction of sp³-hybridized carbons (Fsp3) is 0.353. The molecule has 0 unspecified atom stereocenters. The van der Waals surface area contributed by atoms with Crippen LogP contribution in [-0.2, 0) is 14.8 Å². The molecular formula is C17H21N5O4S2. The van der Waals surface area contributed by atoms with Gasteiger partial charge < -0.3 is 10.4 Å². The molecule has 0 aliphatic heterocycles. The van der Waals surface area contributed by atoms with Crippen LogP contribution in [0.1, 0.15) is 24.8 Å². The number of carboxylic acids is 1. The molecule has 2 aromatic heterocycles. The molecule has 3 aromatic rings.